The van der Waals surface area contributed by atoms with Crippen LogP contribution in [0.15, 0.2) is 41.1 Å². The van der Waals surface area contributed by atoms with Gasteiger partial charge >= 0.3 is 6.03 Å². The number of rotatable bonds is 3. The number of urea groups is 1. The lowest BCUT2D eigenvalue weighted by molar-refractivity contribution is -0.128. The second-order valence-electron chi connectivity index (χ2n) is 5.29. The molecule has 1 fully saturated rings. The van der Waals surface area contributed by atoms with E-state index in [0.29, 0.717) is 18.7 Å². The summed E-state index contributed by atoms with van der Waals surface area (Å²) in [6, 6.07) is 8.91. The molecule has 1 aromatic carbocycles. The first-order valence-corrected chi connectivity index (χ1v) is 8.03. The Balaban J connectivity index is 1.65. The van der Waals surface area contributed by atoms with Crippen molar-refractivity contribution in [1.82, 2.24) is 10.2 Å². The Morgan fingerprint density at radius 2 is 2.18 bits per heavy atom. The monoisotopic (exact) mass is 315 g/mol. The number of anilines is 1. The summed E-state index contributed by atoms with van der Waals surface area (Å²) in [5, 5.41) is 9.59. The van der Waals surface area contributed by atoms with Gasteiger partial charge in [0.1, 0.15) is 6.04 Å². The van der Waals surface area contributed by atoms with E-state index in [1.54, 1.807) is 23.3 Å². The van der Waals surface area contributed by atoms with Crippen LogP contribution in [0.25, 0.3) is 11.1 Å². The highest BCUT2D eigenvalue weighted by Crippen LogP contribution is 2.24. The van der Waals surface area contributed by atoms with Crippen molar-refractivity contribution < 1.29 is 9.59 Å². The number of carbonyl (C=O) groups is 2. The molecule has 1 aliphatic heterocycles. The van der Waals surface area contributed by atoms with Gasteiger partial charge in [0.25, 0.3) is 0 Å². The third kappa shape index (κ3) is 3.12. The number of amides is 3. The molecule has 6 heteroatoms. The lowest BCUT2D eigenvalue weighted by Gasteiger charge is -2.13. The summed E-state index contributed by atoms with van der Waals surface area (Å²) in [5.41, 5.74) is 2.89. The maximum Gasteiger partial charge on any atom is 0.319 e. The van der Waals surface area contributed by atoms with Crippen molar-refractivity contribution in [2.75, 3.05) is 18.9 Å². The van der Waals surface area contributed by atoms with E-state index in [0.717, 1.165) is 11.1 Å². The first kappa shape index (κ1) is 14.6. The minimum atomic E-state index is -0.426. The third-order valence-electron chi connectivity index (χ3n) is 3.71. The predicted molar refractivity (Wildman–Crippen MR) is 88.0 cm³/mol. The second-order valence-corrected chi connectivity index (χ2v) is 6.07. The van der Waals surface area contributed by atoms with Crippen LogP contribution < -0.4 is 10.6 Å². The topological polar surface area (TPSA) is 61.4 Å². The van der Waals surface area contributed by atoms with Crippen LogP contribution in [0.1, 0.15) is 6.42 Å². The number of hydrogen-bond acceptors (Lipinski definition) is 3. The summed E-state index contributed by atoms with van der Waals surface area (Å²) in [4.78, 5) is 25.4. The van der Waals surface area contributed by atoms with E-state index in [1.165, 1.54) is 0 Å². The van der Waals surface area contributed by atoms with Gasteiger partial charge in [0.05, 0.1) is 0 Å². The summed E-state index contributed by atoms with van der Waals surface area (Å²) < 4.78 is 0. The zero-order valence-electron chi connectivity index (χ0n) is 12.2. The maximum atomic E-state index is 12.0. The van der Waals surface area contributed by atoms with Crippen LogP contribution in [0, 0.1) is 0 Å². The van der Waals surface area contributed by atoms with Crippen LogP contribution in [0.4, 0.5) is 10.5 Å². The maximum absolute atomic E-state index is 12.0. The lowest BCUT2D eigenvalue weighted by atomic mass is 10.1. The summed E-state index contributed by atoms with van der Waals surface area (Å²) in [7, 11) is 1.74. The molecule has 1 aromatic heterocycles. The van der Waals surface area contributed by atoms with E-state index < -0.39 is 6.04 Å². The van der Waals surface area contributed by atoms with Crippen molar-refractivity contribution in [3.8, 4) is 11.1 Å². The molecule has 0 aliphatic carbocycles. The fraction of sp³-hybridized carbons (Fsp3) is 0.250. The van der Waals surface area contributed by atoms with Crippen LogP contribution >= 0.6 is 11.3 Å². The van der Waals surface area contributed by atoms with Crippen molar-refractivity contribution in [3.63, 3.8) is 0 Å². The summed E-state index contributed by atoms with van der Waals surface area (Å²) in [5.74, 6) is -0.0397. The van der Waals surface area contributed by atoms with E-state index in [4.69, 9.17) is 0 Å². The lowest BCUT2D eigenvalue weighted by Crippen LogP contribution is -2.42. The smallest absolute Gasteiger partial charge is 0.319 e. The molecule has 2 N–H and O–H groups in total. The van der Waals surface area contributed by atoms with E-state index in [9.17, 15) is 9.59 Å². The Kier molecular flexibility index (Phi) is 4.11. The van der Waals surface area contributed by atoms with Gasteiger partial charge in [-0.1, -0.05) is 12.1 Å². The average molecular weight is 315 g/mol. The molecule has 1 saturated heterocycles. The van der Waals surface area contributed by atoms with E-state index in [2.05, 4.69) is 16.0 Å². The normalized spacial score (nSPS) is 17.6. The number of likely N-dealkylation sites (tertiary alicyclic amines) is 1. The number of thiophene rings is 1. The molecule has 1 unspecified atom stereocenters. The van der Waals surface area contributed by atoms with Crippen molar-refractivity contribution in [2.24, 2.45) is 0 Å². The average Bonchev–Trinajstić information content (AvgIpc) is 3.14. The quantitative estimate of drug-likeness (QED) is 0.915. The molecule has 0 saturated carbocycles. The Morgan fingerprint density at radius 1 is 1.32 bits per heavy atom. The molecule has 0 radical (unpaired) electrons. The fourth-order valence-corrected chi connectivity index (χ4v) is 3.15. The third-order valence-corrected chi connectivity index (χ3v) is 4.39. The fourth-order valence-electron chi connectivity index (χ4n) is 2.49. The van der Waals surface area contributed by atoms with E-state index >= 15 is 0 Å². The highest BCUT2D eigenvalue weighted by Gasteiger charge is 2.30. The number of likely N-dealkylation sites (N-methyl/N-ethyl adjacent to an activating group) is 1. The summed E-state index contributed by atoms with van der Waals surface area (Å²) >= 11 is 1.63. The molecular weight excluding hydrogens is 298 g/mol. The first-order valence-electron chi connectivity index (χ1n) is 7.08. The number of hydrogen-bond donors (Lipinski definition) is 2. The van der Waals surface area contributed by atoms with Gasteiger partial charge in [-0.3, -0.25) is 4.79 Å². The number of benzene rings is 1. The standard InChI is InChI=1S/C16H17N3O2S/c1-19-7-5-14(15(19)20)18-16(21)17-13-4-2-3-11(9-13)12-6-8-22-10-12/h2-4,6,8-10,14H,5,7H2,1H3,(H2,17,18,21). The predicted octanol–water partition coefficient (Wildman–Crippen LogP) is 2.77. The van der Waals surface area contributed by atoms with Crippen molar-refractivity contribution >= 4 is 29.0 Å². The highest BCUT2D eigenvalue weighted by atomic mass is 32.1. The molecular formula is C16H17N3O2S. The number of nitrogens with one attached hydrogen (secondary N) is 2. The molecule has 114 valence electrons. The van der Waals surface area contributed by atoms with Crippen LogP contribution in [0.5, 0.6) is 0 Å². The Morgan fingerprint density at radius 3 is 2.86 bits per heavy atom. The molecule has 3 amide bonds. The van der Waals surface area contributed by atoms with E-state index in [1.807, 2.05) is 35.7 Å². The van der Waals surface area contributed by atoms with Crippen molar-refractivity contribution in [2.45, 2.75) is 12.5 Å². The molecule has 22 heavy (non-hydrogen) atoms. The summed E-state index contributed by atoms with van der Waals surface area (Å²) in [6.45, 7) is 0.678. The van der Waals surface area contributed by atoms with Gasteiger partial charge in [-0.05, 0) is 46.5 Å². The van der Waals surface area contributed by atoms with Gasteiger partial charge in [-0.15, -0.1) is 0 Å². The van der Waals surface area contributed by atoms with Gasteiger partial charge in [0.15, 0.2) is 0 Å². The Hall–Kier alpha value is -2.34. The zero-order valence-corrected chi connectivity index (χ0v) is 13.0. The summed E-state index contributed by atoms with van der Waals surface area (Å²) in [6.07, 6.45) is 0.650. The Bertz CT molecular complexity index is 684. The first-order chi connectivity index (χ1) is 10.6. The molecule has 0 bridgehead atoms. The highest BCUT2D eigenvalue weighted by molar-refractivity contribution is 7.08. The Labute approximate surface area is 132 Å². The molecule has 2 heterocycles. The van der Waals surface area contributed by atoms with Gasteiger partial charge in [0.2, 0.25) is 5.91 Å². The van der Waals surface area contributed by atoms with Gasteiger partial charge in [-0.25, -0.2) is 4.79 Å². The van der Waals surface area contributed by atoms with Crippen LogP contribution in [0.2, 0.25) is 0 Å². The zero-order chi connectivity index (χ0) is 15.5. The molecule has 1 aliphatic rings. The number of carbonyl (C=O) groups excluding carboxylic acids is 2. The van der Waals surface area contributed by atoms with Gasteiger partial charge in [-0.2, -0.15) is 11.3 Å². The van der Waals surface area contributed by atoms with Crippen LogP contribution in [-0.4, -0.2) is 36.5 Å². The van der Waals surface area contributed by atoms with Crippen LogP contribution in [0.3, 0.4) is 0 Å². The van der Waals surface area contributed by atoms with Crippen LogP contribution in [-0.2, 0) is 4.79 Å². The number of nitrogens with zero attached hydrogens (tertiary/aromatic N) is 1. The minimum Gasteiger partial charge on any atom is -0.344 e. The molecule has 2 aromatic rings. The molecule has 1 atom stereocenters. The molecule has 0 spiro atoms. The van der Waals surface area contributed by atoms with Crippen molar-refractivity contribution in [1.29, 1.82) is 0 Å². The second kappa shape index (κ2) is 6.19. The minimum absolute atomic E-state index is 0.0397. The molecule has 5 nitrogen and oxygen atoms in total. The van der Waals surface area contributed by atoms with Gasteiger partial charge < -0.3 is 15.5 Å². The largest absolute Gasteiger partial charge is 0.344 e. The molecule has 3 rings (SSSR count). The van der Waals surface area contributed by atoms with E-state index in [-0.39, 0.29) is 11.9 Å². The van der Waals surface area contributed by atoms with Crippen molar-refractivity contribution in [3.05, 3.63) is 41.1 Å². The SMILES string of the molecule is CN1CCC(NC(=O)Nc2cccc(-c3ccsc3)c2)C1=O. The van der Waals surface area contributed by atoms with Gasteiger partial charge in [0, 0.05) is 19.3 Å².